The maximum Gasteiger partial charge on any atom is 0.337 e. The average molecular weight is 384 g/mol. The van der Waals surface area contributed by atoms with Crippen LogP contribution in [0.5, 0.6) is 0 Å². The minimum absolute atomic E-state index is 0.00606. The van der Waals surface area contributed by atoms with E-state index in [1.54, 1.807) is 19.9 Å². The van der Waals surface area contributed by atoms with Crippen LogP contribution in [0.15, 0.2) is 24.3 Å². The number of ether oxygens (including phenoxy) is 1. The van der Waals surface area contributed by atoms with Gasteiger partial charge in [-0.25, -0.2) is 18.6 Å². The lowest BCUT2D eigenvalue weighted by atomic mass is 9.92. The van der Waals surface area contributed by atoms with E-state index >= 15 is 0 Å². The molecule has 0 radical (unpaired) electrons. The van der Waals surface area contributed by atoms with Gasteiger partial charge in [0.25, 0.3) is 0 Å². The lowest BCUT2D eigenvalue weighted by molar-refractivity contribution is -0.163. The Morgan fingerprint density at radius 3 is 2.62 bits per heavy atom. The van der Waals surface area contributed by atoms with Gasteiger partial charge >= 0.3 is 5.97 Å². The van der Waals surface area contributed by atoms with Crippen LogP contribution >= 0.6 is 11.6 Å². The predicted molar refractivity (Wildman–Crippen MR) is 94.9 cm³/mol. The molecule has 7 heteroatoms. The highest BCUT2D eigenvalue weighted by Crippen LogP contribution is 2.33. The summed E-state index contributed by atoms with van der Waals surface area (Å²) in [6, 6.07) is 4.90. The van der Waals surface area contributed by atoms with Gasteiger partial charge in [0.2, 0.25) is 0 Å². The fourth-order valence-corrected chi connectivity index (χ4v) is 2.93. The van der Waals surface area contributed by atoms with Gasteiger partial charge in [0.05, 0.1) is 6.61 Å². The predicted octanol–water partition coefficient (Wildman–Crippen LogP) is 4.24. The first-order valence-electron chi connectivity index (χ1n) is 8.16. The largest absolute Gasteiger partial charge is 0.464 e. The highest BCUT2D eigenvalue weighted by Gasteiger charge is 2.32. The van der Waals surface area contributed by atoms with Gasteiger partial charge in [-0.15, -0.1) is 0 Å². The number of hydrogen-bond donors (Lipinski definition) is 1. The Hall–Kier alpha value is -2.05. The standard InChI is InChI=1S/C19H20ClF2NO3/c1-4-26-18(24)19(3,25)8-7-14-15(9-11(2)23-17(14)20)13-6-5-12(21)10-16(13)22/h5-6,9-10,25H,4,7-8H2,1-3H3. The van der Waals surface area contributed by atoms with Gasteiger partial charge in [-0.3, -0.25) is 0 Å². The third-order valence-electron chi connectivity index (χ3n) is 4.00. The van der Waals surface area contributed by atoms with Crippen molar-refractivity contribution in [1.82, 2.24) is 4.98 Å². The number of carbonyl (C=O) groups is 1. The van der Waals surface area contributed by atoms with Crippen molar-refractivity contribution < 1.29 is 23.4 Å². The molecule has 1 unspecified atom stereocenters. The van der Waals surface area contributed by atoms with Gasteiger partial charge in [-0.05, 0) is 62.9 Å². The number of benzene rings is 1. The molecule has 26 heavy (non-hydrogen) atoms. The topological polar surface area (TPSA) is 59.4 Å². The minimum Gasteiger partial charge on any atom is -0.464 e. The molecule has 0 spiro atoms. The second kappa shape index (κ2) is 8.10. The van der Waals surface area contributed by atoms with Crippen molar-refractivity contribution in [3.8, 4) is 11.1 Å². The lowest BCUT2D eigenvalue weighted by Crippen LogP contribution is -2.37. The number of rotatable bonds is 6. The zero-order chi connectivity index (χ0) is 19.5. The Morgan fingerprint density at radius 1 is 1.31 bits per heavy atom. The number of aryl methyl sites for hydroxylation is 1. The molecule has 0 aliphatic heterocycles. The second-order valence-corrected chi connectivity index (χ2v) is 6.56. The van der Waals surface area contributed by atoms with E-state index in [1.165, 1.54) is 13.0 Å². The number of halogens is 3. The van der Waals surface area contributed by atoms with Crippen molar-refractivity contribution in [2.24, 2.45) is 0 Å². The van der Waals surface area contributed by atoms with Crippen molar-refractivity contribution in [2.75, 3.05) is 6.61 Å². The van der Waals surface area contributed by atoms with E-state index in [9.17, 15) is 18.7 Å². The van der Waals surface area contributed by atoms with Gasteiger partial charge in [-0.1, -0.05) is 11.6 Å². The van der Waals surface area contributed by atoms with Crippen LogP contribution in [0.4, 0.5) is 8.78 Å². The molecular weight excluding hydrogens is 364 g/mol. The number of nitrogens with zero attached hydrogens (tertiary/aromatic N) is 1. The van der Waals surface area contributed by atoms with Gasteiger partial charge in [-0.2, -0.15) is 0 Å². The molecule has 1 heterocycles. The molecular formula is C19H20ClF2NO3. The Kier molecular flexibility index (Phi) is 6.31. The zero-order valence-corrected chi connectivity index (χ0v) is 15.5. The second-order valence-electron chi connectivity index (χ2n) is 6.20. The summed E-state index contributed by atoms with van der Waals surface area (Å²) < 4.78 is 32.3. The average Bonchev–Trinajstić information content (AvgIpc) is 2.53. The van der Waals surface area contributed by atoms with Crippen LogP contribution in [0.3, 0.4) is 0 Å². The van der Waals surface area contributed by atoms with Gasteiger partial charge in [0.15, 0.2) is 5.60 Å². The van der Waals surface area contributed by atoms with Crippen molar-refractivity contribution in [3.63, 3.8) is 0 Å². The summed E-state index contributed by atoms with van der Waals surface area (Å²) in [5.74, 6) is -2.16. The Balaban J connectivity index is 2.41. The quantitative estimate of drug-likeness (QED) is 0.599. The van der Waals surface area contributed by atoms with E-state index < -0.39 is 23.2 Å². The van der Waals surface area contributed by atoms with Crippen LogP contribution in [0.2, 0.25) is 5.15 Å². The van der Waals surface area contributed by atoms with Crippen LogP contribution in [0.25, 0.3) is 11.1 Å². The Bertz CT molecular complexity index is 825. The SMILES string of the molecule is CCOC(=O)C(C)(O)CCc1c(-c2ccc(F)cc2F)cc(C)nc1Cl. The highest BCUT2D eigenvalue weighted by atomic mass is 35.5. The first-order chi connectivity index (χ1) is 12.2. The smallest absolute Gasteiger partial charge is 0.337 e. The van der Waals surface area contributed by atoms with Crippen LogP contribution < -0.4 is 0 Å². The van der Waals surface area contributed by atoms with E-state index in [4.69, 9.17) is 16.3 Å². The lowest BCUT2D eigenvalue weighted by Gasteiger charge is -2.22. The molecule has 0 bridgehead atoms. The van der Waals surface area contributed by atoms with Crippen LogP contribution in [-0.4, -0.2) is 28.3 Å². The molecule has 1 aromatic heterocycles. The van der Waals surface area contributed by atoms with Gasteiger partial charge in [0, 0.05) is 17.3 Å². The summed E-state index contributed by atoms with van der Waals surface area (Å²) in [5, 5.41) is 10.5. The van der Waals surface area contributed by atoms with Gasteiger partial charge < -0.3 is 9.84 Å². The summed E-state index contributed by atoms with van der Waals surface area (Å²) in [4.78, 5) is 16.0. The van der Waals surface area contributed by atoms with Crippen LogP contribution in [-0.2, 0) is 16.0 Å². The third kappa shape index (κ3) is 4.56. The molecule has 1 aromatic carbocycles. The third-order valence-corrected chi connectivity index (χ3v) is 4.31. The molecule has 2 aromatic rings. The van der Waals surface area contributed by atoms with E-state index in [0.717, 1.165) is 12.1 Å². The molecule has 1 N–H and O–H groups in total. The van der Waals surface area contributed by atoms with E-state index in [0.29, 0.717) is 16.8 Å². The highest BCUT2D eigenvalue weighted by molar-refractivity contribution is 6.30. The van der Waals surface area contributed by atoms with Crippen molar-refractivity contribution in [3.05, 3.63) is 52.3 Å². The number of aliphatic hydroxyl groups is 1. The van der Waals surface area contributed by atoms with E-state index in [-0.39, 0.29) is 30.2 Å². The van der Waals surface area contributed by atoms with Gasteiger partial charge in [0.1, 0.15) is 16.8 Å². The summed E-state index contributed by atoms with van der Waals surface area (Å²) >= 11 is 6.23. The summed E-state index contributed by atoms with van der Waals surface area (Å²) in [6.45, 7) is 4.84. The first kappa shape index (κ1) is 20.3. The monoisotopic (exact) mass is 383 g/mol. The summed E-state index contributed by atoms with van der Waals surface area (Å²) in [5.41, 5.74) is -0.0748. The summed E-state index contributed by atoms with van der Waals surface area (Å²) in [6.07, 6.45) is 0.163. The number of carbonyl (C=O) groups excluding carboxylic acids is 1. The molecule has 0 fully saturated rings. The number of esters is 1. The zero-order valence-electron chi connectivity index (χ0n) is 14.8. The molecule has 0 aliphatic carbocycles. The fraction of sp³-hybridized carbons (Fsp3) is 0.368. The van der Waals surface area contributed by atoms with E-state index in [1.807, 2.05) is 0 Å². The van der Waals surface area contributed by atoms with Crippen molar-refractivity contribution in [1.29, 1.82) is 0 Å². The number of aromatic nitrogens is 1. The minimum atomic E-state index is -1.72. The normalized spacial score (nSPS) is 13.3. The Labute approximate surface area is 155 Å². The number of pyridine rings is 1. The molecule has 2 rings (SSSR count). The fourth-order valence-electron chi connectivity index (χ4n) is 2.60. The molecule has 1 atom stereocenters. The van der Waals surface area contributed by atoms with Crippen molar-refractivity contribution in [2.45, 2.75) is 39.2 Å². The first-order valence-corrected chi connectivity index (χ1v) is 8.54. The maximum atomic E-state index is 14.3. The molecule has 0 saturated heterocycles. The molecule has 0 amide bonds. The van der Waals surface area contributed by atoms with Crippen molar-refractivity contribution >= 4 is 17.6 Å². The van der Waals surface area contributed by atoms with Crippen LogP contribution in [0, 0.1) is 18.6 Å². The Morgan fingerprint density at radius 2 is 2.00 bits per heavy atom. The molecule has 140 valence electrons. The molecule has 0 aliphatic rings. The maximum absolute atomic E-state index is 14.3. The van der Waals surface area contributed by atoms with E-state index in [2.05, 4.69) is 4.98 Å². The summed E-state index contributed by atoms with van der Waals surface area (Å²) in [7, 11) is 0. The number of hydrogen-bond acceptors (Lipinski definition) is 4. The molecule has 0 saturated carbocycles. The molecule has 4 nitrogen and oxygen atoms in total. The van der Waals surface area contributed by atoms with Crippen LogP contribution in [0.1, 0.15) is 31.5 Å².